The van der Waals surface area contributed by atoms with Gasteiger partial charge in [-0.25, -0.2) is 9.78 Å². The number of ether oxygens (including phenoxy) is 1. The zero-order chi connectivity index (χ0) is 24.9. The molecule has 0 bridgehead atoms. The quantitative estimate of drug-likeness (QED) is 0.190. The zero-order valence-corrected chi connectivity index (χ0v) is 20.9. The largest absolute Gasteiger partial charge is 0.462 e. The smallest absolute Gasteiger partial charge is 0.339 e. The van der Waals surface area contributed by atoms with E-state index in [1.807, 2.05) is 54.1 Å². The van der Waals surface area contributed by atoms with Gasteiger partial charge in [-0.05, 0) is 30.2 Å². The Hall–Kier alpha value is -4.17. The molecule has 1 heterocycles. The van der Waals surface area contributed by atoms with E-state index in [4.69, 9.17) is 20.9 Å². The van der Waals surface area contributed by atoms with Crippen LogP contribution in [-0.2, 0) is 24.8 Å². The first-order chi connectivity index (χ1) is 16.9. The number of halogens is 1. The Kier molecular flexibility index (Phi) is 8.45. The number of esters is 1. The van der Waals surface area contributed by atoms with Crippen molar-refractivity contribution >= 4 is 41.2 Å². The minimum absolute atomic E-state index is 0. The fourth-order valence-corrected chi connectivity index (χ4v) is 3.93. The predicted molar refractivity (Wildman–Crippen MR) is 142 cm³/mol. The summed E-state index contributed by atoms with van der Waals surface area (Å²) in [7, 11) is 1.88. The van der Waals surface area contributed by atoms with Crippen LogP contribution in [0.15, 0.2) is 66.7 Å². The van der Waals surface area contributed by atoms with Crippen LogP contribution in [0.5, 0.6) is 0 Å². The van der Waals surface area contributed by atoms with Gasteiger partial charge >= 0.3 is 5.97 Å². The van der Waals surface area contributed by atoms with Crippen molar-refractivity contribution in [3.63, 3.8) is 0 Å². The first-order valence-electron chi connectivity index (χ1n) is 11.3. The second kappa shape index (κ2) is 11.5. The number of nitrogens with zero attached hydrogens (tertiary/aromatic N) is 2. The number of rotatable bonds is 8. The number of nitrogens with one attached hydrogen (secondary N) is 2. The van der Waals surface area contributed by atoms with Crippen LogP contribution in [0.25, 0.3) is 11.0 Å². The van der Waals surface area contributed by atoms with E-state index in [1.54, 1.807) is 31.2 Å². The van der Waals surface area contributed by atoms with Gasteiger partial charge in [-0.15, -0.1) is 12.4 Å². The van der Waals surface area contributed by atoms with Crippen molar-refractivity contribution < 1.29 is 14.3 Å². The van der Waals surface area contributed by atoms with Gasteiger partial charge in [-0.1, -0.05) is 54.6 Å². The number of amidine groups is 1. The molecule has 0 aliphatic rings. The summed E-state index contributed by atoms with van der Waals surface area (Å²) >= 11 is 0. The molecule has 0 unspecified atom stereocenters. The summed E-state index contributed by atoms with van der Waals surface area (Å²) < 4.78 is 7.13. The number of aromatic nitrogens is 2. The van der Waals surface area contributed by atoms with Gasteiger partial charge in [-0.2, -0.15) is 0 Å². The lowest BCUT2D eigenvalue weighted by molar-refractivity contribution is 0.0523. The summed E-state index contributed by atoms with van der Waals surface area (Å²) in [6, 6.07) is 20.3. The molecular weight excluding hydrogens is 478 g/mol. The number of carbonyl (C=O) groups excluding carboxylic acids is 2. The number of nitrogens with two attached hydrogens (primary N) is 1. The van der Waals surface area contributed by atoms with Crippen molar-refractivity contribution in [3.8, 4) is 0 Å². The monoisotopic (exact) mass is 505 g/mol. The number of hydrogen-bond donors (Lipinski definition) is 3. The number of aryl methyl sites for hydroxylation is 1. The van der Waals surface area contributed by atoms with E-state index in [1.165, 1.54) is 0 Å². The van der Waals surface area contributed by atoms with Gasteiger partial charge in [0.15, 0.2) is 0 Å². The van der Waals surface area contributed by atoms with Crippen LogP contribution in [0.2, 0.25) is 0 Å². The third-order valence-corrected chi connectivity index (χ3v) is 5.79. The molecule has 1 amide bonds. The number of benzene rings is 3. The third-order valence-electron chi connectivity index (χ3n) is 5.79. The van der Waals surface area contributed by atoms with E-state index >= 15 is 0 Å². The highest BCUT2D eigenvalue weighted by molar-refractivity contribution is 6.13. The summed E-state index contributed by atoms with van der Waals surface area (Å²) in [6.07, 6.45) is 0.503. The molecule has 0 spiro atoms. The molecular formula is C27H28ClN5O3. The van der Waals surface area contributed by atoms with Crippen LogP contribution in [-0.4, -0.2) is 33.9 Å². The van der Waals surface area contributed by atoms with Crippen LogP contribution in [0.3, 0.4) is 0 Å². The molecule has 0 saturated carbocycles. The van der Waals surface area contributed by atoms with Gasteiger partial charge in [0.2, 0.25) is 0 Å². The van der Waals surface area contributed by atoms with Gasteiger partial charge in [0.05, 0.1) is 23.3 Å². The van der Waals surface area contributed by atoms with Gasteiger partial charge in [-0.3, -0.25) is 10.2 Å². The summed E-state index contributed by atoms with van der Waals surface area (Å²) in [5.74, 6) is -0.213. The maximum atomic E-state index is 13.3. The number of carbonyl (C=O) groups is 2. The Bertz CT molecular complexity index is 1400. The molecule has 0 atom stereocenters. The van der Waals surface area contributed by atoms with Crippen LogP contribution < -0.4 is 11.1 Å². The van der Waals surface area contributed by atoms with Crippen LogP contribution in [0.1, 0.15) is 50.2 Å². The topological polar surface area (TPSA) is 123 Å². The minimum Gasteiger partial charge on any atom is -0.462 e. The van der Waals surface area contributed by atoms with Crippen LogP contribution in [0.4, 0.5) is 0 Å². The fraction of sp³-hybridized carbons (Fsp3) is 0.185. The Morgan fingerprint density at radius 1 is 1.03 bits per heavy atom. The number of hydrogen-bond acceptors (Lipinski definition) is 5. The van der Waals surface area contributed by atoms with Crippen molar-refractivity contribution in [2.24, 2.45) is 12.8 Å². The number of imidazole rings is 1. The van der Waals surface area contributed by atoms with Crippen molar-refractivity contribution in [1.29, 1.82) is 5.41 Å². The molecule has 0 radical (unpaired) electrons. The second-order valence-corrected chi connectivity index (χ2v) is 8.12. The molecule has 0 aliphatic heterocycles. The Morgan fingerprint density at radius 2 is 1.72 bits per heavy atom. The molecule has 3 aromatic carbocycles. The van der Waals surface area contributed by atoms with Gasteiger partial charge < -0.3 is 20.4 Å². The van der Waals surface area contributed by atoms with Gasteiger partial charge in [0, 0.05) is 25.6 Å². The van der Waals surface area contributed by atoms with Crippen molar-refractivity contribution in [2.45, 2.75) is 19.9 Å². The van der Waals surface area contributed by atoms with E-state index in [-0.39, 0.29) is 36.0 Å². The minimum atomic E-state index is -0.564. The summed E-state index contributed by atoms with van der Waals surface area (Å²) in [4.78, 5) is 30.8. The van der Waals surface area contributed by atoms with E-state index in [9.17, 15) is 9.59 Å². The number of amides is 1. The normalized spacial score (nSPS) is 10.5. The lowest BCUT2D eigenvalue weighted by Gasteiger charge is -2.11. The van der Waals surface area contributed by atoms with Crippen LogP contribution in [0, 0.1) is 5.41 Å². The molecule has 0 saturated heterocycles. The second-order valence-electron chi connectivity index (χ2n) is 8.12. The Labute approximate surface area is 215 Å². The van der Waals surface area contributed by atoms with E-state index < -0.39 is 11.9 Å². The molecule has 0 fully saturated rings. The number of nitrogen functional groups attached to an aromatic ring is 1. The molecule has 4 N–H and O–H groups in total. The van der Waals surface area contributed by atoms with Gasteiger partial charge in [0.1, 0.15) is 17.2 Å². The predicted octanol–water partition coefficient (Wildman–Crippen LogP) is 3.98. The average Bonchev–Trinajstić information content (AvgIpc) is 3.18. The first kappa shape index (κ1) is 26.4. The molecule has 4 rings (SSSR count). The molecule has 8 nitrogen and oxygen atoms in total. The van der Waals surface area contributed by atoms with Crippen molar-refractivity contribution in [2.75, 3.05) is 6.61 Å². The van der Waals surface area contributed by atoms with Gasteiger partial charge in [0.25, 0.3) is 5.91 Å². The lowest BCUT2D eigenvalue weighted by Crippen LogP contribution is -2.26. The fourth-order valence-electron chi connectivity index (χ4n) is 3.93. The SMILES string of the molecule is CCOC(=O)c1ccc2c(nc(Cc3ccc(C(=N)N)cc3)n2C)c1C(=O)NCc1ccccc1.Cl. The van der Waals surface area contributed by atoms with E-state index in [2.05, 4.69) is 5.32 Å². The molecule has 0 aliphatic carbocycles. The highest BCUT2D eigenvalue weighted by Gasteiger charge is 2.24. The summed E-state index contributed by atoms with van der Waals surface area (Å²) in [6.45, 7) is 2.24. The summed E-state index contributed by atoms with van der Waals surface area (Å²) in [5, 5.41) is 10.5. The van der Waals surface area contributed by atoms with E-state index in [0.717, 1.165) is 22.5 Å². The standard InChI is InChI=1S/C27H27N5O3.ClH/c1-3-35-27(34)20-13-14-21-24(23(20)26(33)30-16-18-7-5-4-6-8-18)31-22(32(21)2)15-17-9-11-19(12-10-17)25(28)29;/h4-14H,3,15-16H2,1-2H3,(H3,28,29)(H,30,33);1H. The Balaban J connectivity index is 0.00000361. The third kappa shape index (κ3) is 5.55. The van der Waals surface area contributed by atoms with E-state index in [0.29, 0.717) is 24.0 Å². The molecule has 9 heteroatoms. The molecule has 36 heavy (non-hydrogen) atoms. The highest BCUT2D eigenvalue weighted by Crippen LogP contribution is 2.25. The average molecular weight is 506 g/mol. The molecule has 1 aromatic heterocycles. The van der Waals surface area contributed by atoms with Crippen molar-refractivity contribution in [1.82, 2.24) is 14.9 Å². The molecule has 186 valence electrons. The zero-order valence-electron chi connectivity index (χ0n) is 20.1. The maximum Gasteiger partial charge on any atom is 0.339 e. The van der Waals surface area contributed by atoms with Crippen LogP contribution >= 0.6 is 12.4 Å². The lowest BCUT2D eigenvalue weighted by atomic mass is 10.0. The Morgan fingerprint density at radius 3 is 2.36 bits per heavy atom. The maximum absolute atomic E-state index is 13.3. The summed E-state index contributed by atoms with van der Waals surface area (Å²) in [5.41, 5.74) is 9.68. The highest BCUT2D eigenvalue weighted by atomic mass is 35.5. The first-order valence-corrected chi connectivity index (χ1v) is 11.3. The van der Waals surface area contributed by atoms with Crippen molar-refractivity contribution in [3.05, 3.63) is 100 Å². The molecule has 4 aromatic rings. The number of fused-ring (bicyclic) bond motifs is 1.